The first kappa shape index (κ1) is 14.9. The maximum atomic E-state index is 12.7. The van der Waals surface area contributed by atoms with Crippen molar-refractivity contribution in [1.29, 1.82) is 0 Å². The number of hydrogen-bond acceptors (Lipinski definition) is 4. The van der Waals surface area contributed by atoms with E-state index in [9.17, 15) is 4.79 Å². The summed E-state index contributed by atoms with van der Waals surface area (Å²) >= 11 is 0. The zero-order valence-corrected chi connectivity index (χ0v) is 13.4. The van der Waals surface area contributed by atoms with Crippen molar-refractivity contribution >= 4 is 17.0 Å². The normalized spacial score (nSPS) is 15.8. The second kappa shape index (κ2) is 6.45. The van der Waals surface area contributed by atoms with E-state index in [1.54, 1.807) is 12.1 Å². The van der Waals surface area contributed by atoms with Gasteiger partial charge < -0.3 is 9.32 Å². The lowest BCUT2D eigenvalue weighted by atomic mass is 10.1. The molecular formula is C19H19N3O2. The largest absolute Gasteiger partial charge is 0.443 e. The average Bonchev–Trinajstić information content (AvgIpc) is 3.10. The number of aromatic nitrogens is 1. The third-order valence-corrected chi connectivity index (χ3v) is 4.49. The molecule has 0 saturated carbocycles. The summed E-state index contributed by atoms with van der Waals surface area (Å²) in [6.07, 6.45) is 1.40. The van der Waals surface area contributed by atoms with Crippen LogP contribution in [0.1, 0.15) is 15.9 Å². The van der Waals surface area contributed by atoms with Crippen molar-refractivity contribution in [3.05, 3.63) is 66.1 Å². The van der Waals surface area contributed by atoms with Crippen LogP contribution < -0.4 is 0 Å². The van der Waals surface area contributed by atoms with E-state index in [1.807, 2.05) is 17.0 Å². The molecule has 0 unspecified atom stereocenters. The summed E-state index contributed by atoms with van der Waals surface area (Å²) in [5.74, 6) is 0.0688. The Morgan fingerprint density at radius 3 is 2.62 bits per heavy atom. The molecule has 0 aliphatic carbocycles. The molecule has 5 nitrogen and oxygen atoms in total. The summed E-state index contributed by atoms with van der Waals surface area (Å²) in [6.45, 7) is 4.23. The lowest BCUT2D eigenvalue weighted by Crippen LogP contribution is -2.48. The van der Waals surface area contributed by atoms with Crippen LogP contribution >= 0.6 is 0 Å². The first-order valence-corrected chi connectivity index (χ1v) is 8.18. The van der Waals surface area contributed by atoms with Gasteiger partial charge in [-0.25, -0.2) is 4.98 Å². The number of hydrogen-bond donors (Lipinski definition) is 0. The zero-order valence-electron chi connectivity index (χ0n) is 13.4. The highest BCUT2D eigenvalue weighted by Gasteiger charge is 2.22. The van der Waals surface area contributed by atoms with Crippen LogP contribution in [-0.4, -0.2) is 46.9 Å². The Bertz CT molecular complexity index is 836. The van der Waals surface area contributed by atoms with Gasteiger partial charge in [-0.2, -0.15) is 0 Å². The molecule has 5 heteroatoms. The van der Waals surface area contributed by atoms with Gasteiger partial charge in [0.1, 0.15) is 5.52 Å². The highest BCUT2D eigenvalue weighted by atomic mass is 16.3. The number of fused-ring (bicyclic) bond motifs is 1. The molecule has 0 radical (unpaired) electrons. The van der Waals surface area contributed by atoms with Gasteiger partial charge in [0.05, 0.1) is 0 Å². The van der Waals surface area contributed by atoms with Gasteiger partial charge in [-0.15, -0.1) is 0 Å². The van der Waals surface area contributed by atoms with Crippen molar-refractivity contribution in [2.24, 2.45) is 0 Å². The van der Waals surface area contributed by atoms with Crippen LogP contribution in [0.25, 0.3) is 11.1 Å². The van der Waals surface area contributed by atoms with Crippen LogP contribution in [-0.2, 0) is 6.54 Å². The number of carbonyl (C=O) groups is 1. The first-order chi connectivity index (χ1) is 11.8. The van der Waals surface area contributed by atoms with Gasteiger partial charge in [-0.05, 0) is 23.8 Å². The number of nitrogens with zero attached hydrogens (tertiary/aromatic N) is 3. The van der Waals surface area contributed by atoms with Crippen molar-refractivity contribution in [2.75, 3.05) is 26.2 Å². The third kappa shape index (κ3) is 3.03. The van der Waals surface area contributed by atoms with E-state index < -0.39 is 0 Å². The van der Waals surface area contributed by atoms with E-state index in [4.69, 9.17) is 4.42 Å². The fraction of sp³-hybridized carbons (Fsp3) is 0.263. The van der Waals surface area contributed by atoms with E-state index in [1.165, 1.54) is 12.0 Å². The lowest BCUT2D eigenvalue weighted by Gasteiger charge is -2.34. The second-order valence-electron chi connectivity index (χ2n) is 6.09. The standard InChI is InChI=1S/C19H19N3O2/c23-19(16-6-7-18-17(12-16)20-14-24-18)22-10-8-21(9-11-22)13-15-4-2-1-3-5-15/h1-7,12,14H,8-11,13H2. The van der Waals surface area contributed by atoms with Crippen molar-refractivity contribution in [2.45, 2.75) is 6.54 Å². The van der Waals surface area contributed by atoms with Crippen LogP contribution in [0.5, 0.6) is 0 Å². The quantitative estimate of drug-likeness (QED) is 0.744. The number of oxazole rings is 1. The van der Waals surface area contributed by atoms with Crippen molar-refractivity contribution < 1.29 is 9.21 Å². The van der Waals surface area contributed by atoms with E-state index >= 15 is 0 Å². The Morgan fingerprint density at radius 2 is 1.83 bits per heavy atom. The fourth-order valence-corrected chi connectivity index (χ4v) is 3.12. The number of carbonyl (C=O) groups excluding carboxylic acids is 1. The van der Waals surface area contributed by atoms with Crippen LogP contribution in [0.4, 0.5) is 0 Å². The smallest absolute Gasteiger partial charge is 0.254 e. The monoisotopic (exact) mass is 321 g/mol. The number of benzene rings is 2. The van der Waals surface area contributed by atoms with Crippen LogP contribution in [0.3, 0.4) is 0 Å². The molecule has 2 heterocycles. The molecular weight excluding hydrogens is 302 g/mol. The second-order valence-corrected chi connectivity index (χ2v) is 6.09. The van der Waals surface area contributed by atoms with Crippen molar-refractivity contribution in [1.82, 2.24) is 14.8 Å². The van der Waals surface area contributed by atoms with Crippen LogP contribution in [0, 0.1) is 0 Å². The van der Waals surface area contributed by atoms with Crippen molar-refractivity contribution in [3.8, 4) is 0 Å². The topological polar surface area (TPSA) is 49.6 Å². The Labute approximate surface area is 140 Å². The van der Waals surface area contributed by atoms with Crippen LogP contribution in [0.15, 0.2) is 59.3 Å². The minimum atomic E-state index is 0.0688. The van der Waals surface area contributed by atoms with E-state index in [0.29, 0.717) is 11.1 Å². The van der Waals surface area contributed by atoms with Gasteiger partial charge in [0.25, 0.3) is 5.91 Å². The first-order valence-electron chi connectivity index (χ1n) is 8.18. The van der Waals surface area contributed by atoms with E-state index in [0.717, 1.165) is 38.2 Å². The van der Waals surface area contributed by atoms with Crippen molar-refractivity contribution in [3.63, 3.8) is 0 Å². The minimum Gasteiger partial charge on any atom is -0.443 e. The Morgan fingerprint density at radius 1 is 1.04 bits per heavy atom. The van der Waals surface area contributed by atoms with Gasteiger partial charge in [0.2, 0.25) is 0 Å². The van der Waals surface area contributed by atoms with Gasteiger partial charge in [-0.3, -0.25) is 9.69 Å². The average molecular weight is 321 g/mol. The summed E-state index contributed by atoms with van der Waals surface area (Å²) in [5, 5.41) is 0. The predicted molar refractivity (Wildman–Crippen MR) is 91.6 cm³/mol. The summed E-state index contributed by atoms with van der Waals surface area (Å²) in [7, 11) is 0. The number of rotatable bonds is 3. The van der Waals surface area contributed by atoms with E-state index in [2.05, 4.69) is 34.1 Å². The summed E-state index contributed by atoms with van der Waals surface area (Å²) < 4.78 is 5.23. The Balaban J connectivity index is 1.39. The highest BCUT2D eigenvalue weighted by molar-refractivity contribution is 5.97. The molecule has 1 saturated heterocycles. The Hall–Kier alpha value is -2.66. The molecule has 122 valence electrons. The molecule has 3 aromatic rings. The molecule has 1 aromatic heterocycles. The van der Waals surface area contributed by atoms with Gasteiger partial charge in [0.15, 0.2) is 12.0 Å². The molecule has 1 fully saturated rings. The maximum absolute atomic E-state index is 12.7. The van der Waals surface area contributed by atoms with E-state index in [-0.39, 0.29) is 5.91 Å². The van der Waals surface area contributed by atoms with Gasteiger partial charge in [-0.1, -0.05) is 30.3 Å². The summed E-state index contributed by atoms with van der Waals surface area (Å²) in [6, 6.07) is 15.9. The summed E-state index contributed by atoms with van der Waals surface area (Å²) in [5.41, 5.74) is 3.42. The molecule has 24 heavy (non-hydrogen) atoms. The van der Waals surface area contributed by atoms with Gasteiger partial charge >= 0.3 is 0 Å². The number of amides is 1. The minimum absolute atomic E-state index is 0.0688. The SMILES string of the molecule is O=C(c1ccc2ocnc2c1)N1CCN(Cc2ccccc2)CC1. The lowest BCUT2D eigenvalue weighted by molar-refractivity contribution is 0.0628. The van der Waals surface area contributed by atoms with Crippen LogP contribution in [0.2, 0.25) is 0 Å². The van der Waals surface area contributed by atoms with Gasteiger partial charge in [0, 0.05) is 38.3 Å². The molecule has 1 amide bonds. The molecule has 1 aliphatic rings. The predicted octanol–water partition coefficient (Wildman–Crippen LogP) is 2.79. The molecule has 0 bridgehead atoms. The molecule has 0 spiro atoms. The molecule has 4 rings (SSSR count). The molecule has 2 aromatic carbocycles. The fourth-order valence-electron chi connectivity index (χ4n) is 3.12. The summed E-state index contributed by atoms with van der Waals surface area (Å²) in [4.78, 5) is 21.1. The zero-order chi connectivity index (χ0) is 16.4. The maximum Gasteiger partial charge on any atom is 0.254 e. The highest BCUT2D eigenvalue weighted by Crippen LogP contribution is 2.17. The molecule has 0 N–H and O–H groups in total. The Kier molecular flexibility index (Phi) is 4.01. The third-order valence-electron chi connectivity index (χ3n) is 4.49. The number of piperazine rings is 1. The molecule has 1 aliphatic heterocycles. The molecule has 0 atom stereocenters.